The van der Waals surface area contributed by atoms with Gasteiger partial charge in [-0.1, -0.05) is 0 Å². The van der Waals surface area contributed by atoms with E-state index in [9.17, 15) is 0 Å². The minimum absolute atomic E-state index is 0.862. The van der Waals surface area contributed by atoms with E-state index in [-0.39, 0.29) is 0 Å². The van der Waals surface area contributed by atoms with Crippen molar-refractivity contribution in [2.75, 3.05) is 6.54 Å². The Morgan fingerprint density at radius 1 is 1.60 bits per heavy atom. The second-order valence-corrected chi connectivity index (χ2v) is 2.04. The lowest BCUT2D eigenvalue weighted by Crippen LogP contribution is -2.30. The van der Waals surface area contributed by atoms with Crippen LogP contribution in [-0.4, -0.2) is 11.4 Å². The molecule has 0 saturated carbocycles. The topological polar surface area (TPSA) is 39.3 Å². The Balaban J connectivity index is 2.04. The standard InChI is InChI=1S/C6H8N4/c1-2-8-9-6(1)10-4-3-7-5-10/h1,3-4,7-9H,2H2. The molecule has 2 aliphatic heterocycles. The summed E-state index contributed by atoms with van der Waals surface area (Å²) in [6.07, 6.45) is 5.76. The largest absolute Gasteiger partial charge is 0.360 e. The van der Waals surface area contributed by atoms with E-state index in [1.165, 1.54) is 0 Å². The van der Waals surface area contributed by atoms with Gasteiger partial charge in [0.1, 0.15) is 5.82 Å². The third-order valence-electron chi connectivity index (χ3n) is 1.37. The van der Waals surface area contributed by atoms with E-state index >= 15 is 0 Å². The van der Waals surface area contributed by atoms with Crippen LogP contribution < -0.4 is 16.2 Å². The molecule has 0 fully saturated rings. The second kappa shape index (κ2) is 2.22. The lowest BCUT2D eigenvalue weighted by Gasteiger charge is -2.13. The molecular weight excluding hydrogens is 128 g/mol. The highest BCUT2D eigenvalue weighted by atomic mass is 15.5. The fourth-order valence-corrected chi connectivity index (χ4v) is 0.895. The van der Waals surface area contributed by atoms with Crippen molar-refractivity contribution in [3.05, 3.63) is 31.0 Å². The highest BCUT2D eigenvalue weighted by Gasteiger charge is 2.12. The Morgan fingerprint density at radius 2 is 2.60 bits per heavy atom. The van der Waals surface area contributed by atoms with Crippen LogP contribution in [0.2, 0.25) is 0 Å². The molecule has 2 heterocycles. The SMILES string of the molecule is [C]1NC=CN1C1=CCNN1. The molecule has 2 radical (unpaired) electrons. The van der Waals surface area contributed by atoms with E-state index in [1.807, 2.05) is 23.4 Å². The smallest absolute Gasteiger partial charge is 0.211 e. The second-order valence-electron chi connectivity index (χ2n) is 2.04. The molecule has 0 spiro atoms. The van der Waals surface area contributed by atoms with Crippen molar-refractivity contribution in [2.24, 2.45) is 0 Å². The maximum Gasteiger partial charge on any atom is 0.211 e. The zero-order valence-electron chi connectivity index (χ0n) is 5.39. The molecule has 0 unspecified atom stereocenters. The highest BCUT2D eigenvalue weighted by Crippen LogP contribution is 2.07. The van der Waals surface area contributed by atoms with E-state index in [2.05, 4.69) is 22.8 Å². The molecule has 10 heavy (non-hydrogen) atoms. The maximum atomic E-state index is 2.98. The third kappa shape index (κ3) is 0.823. The Kier molecular flexibility index (Phi) is 1.25. The first-order valence-electron chi connectivity index (χ1n) is 3.13. The highest BCUT2D eigenvalue weighted by molar-refractivity contribution is 5.12. The number of hydrogen-bond acceptors (Lipinski definition) is 4. The Hall–Kier alpha value is -1.16. The molecule has 4 heteroatoms. The van der Waals surface area contributed by atoms with Crippen molar-refractivity contribution in [1.82, 2.24) is 21.1 Å². The predicted molar refractivity (Wildman–Crippen MR) is 36.6 cm³/mol. The van der Waals surface area contributed by atoms with Crippen molar-refractivity contribution in [2.45, 2.75) is 0 Å². The molecular formula is C6H8N4. The van der Waals surface area contributed by atoms with Crippen LogP contribution in [0.25, 0.3) is 0 Å². The van der Waals surface area contributed by atoms with Crippen molar-refractivity contribution in [3.8, 4) is 0 Å². The Bertz CT molecular complexity index is 184. The van der Waals surface area contributed by atoms with Crippen molar-refractivity contribution >= 4 is 0 Å². The minimum Gasteiger partial charge on any atom is -0.360 e. The fraction of sp³-hybridized carbons (Fsp3) is 0.167. The average Bonchev–Trinajstić information content (AvgIpc) is 2.59. The molecule has 0 amide bonds. The summed E-state index contributed by atoms with van der Waals surface area (Å²) in [7, 11) is 0. The summed E-state index contributed by atoms with van der Waals surface area (Å²) in [5.74, 6) is 1.02. The molecule has 2 rings (SSSR count). The van der Waals surface area contributed by atoms with E-state index in [4.69, 9.17) is 0 Å². The maximum absolute atomic E-state index is 2.98. The van der Waals surface area contributed by atoms with Crippen LogP contribution >= 0.6 is 0 Å². The molecule has 0 aromatic rings. The number of rotatable bonds is 1. The molecule has 4 nitrogen and oxygen atoms in total. The first-order chi connectivity index (χ1) is 4.97. The van der Waals surface area contributed by atoms with Gasteiger partial charge in [-0.3, -0.25) is 0 Å². The molecule has 2 aliphatic rings. The van der Waals surface area contributed by atoms with Gasteiger partial charge in [-0.2, -0.15) is 0 Å². The van der Waals surface area contributed by atoms with Gasteiger partial charge in [-0.15, -0.1) is 0 Å². The van der Waals surface area contributed by atoms with Gasteiger partial charge >= 0.3 is 0 Å². The summed E-state index contributed by atoms with van der Waals surface area (Å²) in [6, 6.07) is 0. The van der Waals surface area contributed by atoms with Crippen LogP contribution in [0.3, 0.4) is 0 Å². The number of hydrazine groups is 1. The number of nitrogens with one attached hydrogen (secondary N) is 3. The third-order valence-corrected chi connectivity index (χ3v) is 1.37. The van der Waals surface area contributed by atoms with Crippen molar-refractivity contribution < 1.29 is 0 Å². The van der Waals surface area contributed by atoms with Crippen molar-refractivity contribution in [1.29, 1.82) is 0 Å². The van der Waals surface area contributed by atoms with Gasteiger partial charge < -0.3 is 15.6 Å². The van der Waals surface area contributed by atoms with E-state index in [0.717, 1.165) is 12.4 Å². The fourth-order valence-electron chi connectivity index (χ4n) is 0.895. The predicted octanol–water partition coefficient (Wildman–Crippen LogP) is -0.692. The minimum atomic E-state index is 0.862. The first-order valence-corrected chi connectivity index (χ1v) is 3.13. The zero-order valence-corrected chi connectivity index (χ0v) is 5.39. The summed E-state index contributed by atoms with van der Waals surface area (Å²) >= 11 is 0. The van der Waals surface area contributed by atoms with Crippen molar-refractivity contribution in [3.63, 3.8) is 0 Å². The quantitative estimate of drug-likeness (QED) is 0.446. The lowest BCUT2D eigenvalue weighted by molar-refractivity contribution is 0.496. The van der Waals surface area contributed by atoms with Crippen LogP contribution in [0.4, 0.5) is 0 Å². The van der Waals surface area contributed by atoms with Gasteiger partial charge in [0.05, 0.1) is 0 Å². The molecule has 0 saturated heterocycles. The lowest BCUT2D eigenvalue weighted by atomic mass is 10.5. The van der Waals surface area contributed by atoms with E-state index < -0.39 is 0 Å². The summed E-state index contributed by atoms with van der Waals surface area (Å²) in [5, 5.41) is 2.84. The summed E-state index contributed by atoms with van der Waals surface area (Å²) < 4.78 is 0. The molecule has 0 bridgehead atoms. The first kappa shape index (κ1) is 5.61. The van der Waals surface area contributed by atoms with Crippen LogP contribution in [0.15, 0.2) is 24.3 Å². The normalized spacial score (nSPS) is 22.4. The molecule has 0 aromatic heterocycles. The van der Waals surface area contributed by atoms with Crippen LogP contribution in [0.1, 0.15) is 0 Å². The van der Waals surface area contributed by atoms with Crippen LogP contribution in [0.5, 0.6) is 0 Å². The summed E-state index contributed by atoms with van der Waals surface area (Å²) in [4.78, 5) is 1.85. The molecule has 0 aliphatic carbocycles. The van der Waals surface area contributed by atoms with E-state index in [0.29, 0.717) is 0 Å². The van der Waals surface area contributed by atoms with Gasteiger partial charge in [0.2, 0.25) is 6.67 Å². The molecule has 52 valence electrons. The van der Waals surface area contributed by atoms with Crippen LogP contribution in [0, 0.1) is 6.67 Å². The molecule has 0 aromatic carbocycles. The number of nitrogens with zero attached hydrogens (tertiary/aromatic N) is 1. The average molecular weight is 136 g/mol. The number of hydrogen-bond donors (Lipinski definition) is 3. The van der Waals surface area contributed by atoms with Gasteiger partial charge in [0, 0.05) is 18.9 Å². The van der Waals surface area contributed by atoms with Crippen LogP contribution in [-0.2, 0) is 0 Å². The van der Waals surface area contributed by atoms with E-state index in [1.54, 1.807) is 0 Å². The monoisotopic (exact) mass is 136 g/mol. The Labute approximate surface area is 59.6 Å². The van der Waals surface area contributed by atoms with Gasteiger partial charge in [0.25, 0.3) is 0 Å². The molecule has 0 atom stereocenters. The molecule has 3 N–H and O–H groups in total. The Morgan fingerprint density at radius 3 is 3.20 bits per heavy atom. The van der Waals surface area contributed by atoms with Gasteiger partial charge in [-0.05, 0) is 6.08 Å². The summed E-state index contributed by atoms with van der Waals surface area (Å²) in [5.41, 5.74) is 5.95. The summed E-state index contributed by atoms with van der Waals surface area (Å²) in [6.45, 7) is 3.76. The van der Waals surface area contributed by atoms with Gasteiger partial charge in [0.15, 0.2) is 0 Å². The van der Waals surface area contributed by atoms with Gasteiger partial charge in [-0.25, -0.2) is 5.43 Å². The zero-order chi connectivity index (χ0) is 6.81.